The molecule has 2 N–H and O–H groups in total. The molecule has 2 amide bonds. The Morgan fingerprint density at radius 1 is 1.09 bits per heavy atom. The van der Waals surface area contributed by atoms with Crippen LogP contribution in [0.15, 0.2) is 41.8 Å². The molecule has 7 heteroatoms. The zero-order valence-electron chi connectivity index (χ0n) is 12.7. The number of carbonyl (C=O) groups excluding carboxylic acids is 2. The Balaban J connectivity index is 1.92. The van der Waals surface area contributed by atoms with Gasteiger partial charge >= 0.3 is 0 Å². The standard InChI is InChI=1S/C16H16N2O4S/c1-21-12-7-5-11(10-13(12)22-2)6-8-15(19)17-18-16(20)14-4-3-9-23-14/h3-10H,1-2H3,(H,17,19)(H,18,20)/b8-6+. The lowest BCUT2D eigenvalue weighted by Crippen LogP contribution is -2.40. The maximum atomic E-state index is 11.7. The second kappa shape index (κ2) is 8.00. The number of nitrogens with one attached hydrogen (secondary N) is 2. The number of thiophene rings is 1. The van der Waals surface area contributed by atoms with Crippen molar-refractivity contribution in [1.29, 1.82) is 0 Å². The van der Waals surface area contributed by atoms with Crippen LogP contribution in [0.4, 0.5) is 0 Å². The quantitative estimate of drug-likeness (QED) is 0.650. The van der Waals surface area contributed by atoms with Gasteiger partial charge in [0.05, 0.1) is 19.1 Å². The van der Waals surface area contributed by atoms with Crippen LogP contribution < -0.4 is 20.3 Å². The van der Waals surface area contributed by atoms with Crippen LogP contribution in [0.5, 0.6) is 11.5 Å². The molecule has 0 aliphatic carbocycles. The van der Waals surface area contributed by atoms with Crippen molar-refractivity contribution in [1.82, 2.24) is 10.9 Å². The summed E-state index contributed by atoms with van der Waals surface area (Å²) < 4.78 is 10.3. The number of hydrogen-bond donors (Lipinski definition) is 2. The van der Waals surface area contributed by atoms with E-state index in [1.807, 2.05) is 0 Å². The summed E-state index contributed by atoms with van der Waals surface area (Å²) in [5.41, 5.74) is 5.42. The molecule has 0 saturated carbocycles. The highest BCUT2D eigenvalue weighted by Gasteiger charge is 2.06. The van der Waals surface area contributed by atoms with E-state index >= 15 is 0 Å². The second-order valence-corrected chi connectivity index (χ2v) is 5.32. The van der Waals surface area contributed by atoms with Crippen molar-refractivity contribution in [3.8, 4) is 11.5 Å². The van der Waals surface area contributed by atoms with Gasteiger partial charge in [0.25, 0.3) is 11.8 Å². The number of ether oxygens (including phenoxy) is 2. The molecule has 0 fully saturated rings. The molecule has 1 aromatic heterocycles. The fourth-order valence-corrected chi connectivity index (χ4v) is 2.38. The lowest BCUT2D eigenvalue weighted by Gasteiger charge is -2.07. The smallest absolute Gasteiger partial charge is 0.279 e. The number of rotatable bonds is 5. The predicted octanol–water partition coefficient (Wildman–Crippen LogP) is 2.24. The summed E-state index contributed by atoms with van der Waals surface area (Å²) in [5.74, 6) is 0.385. The van der Waals surface area contributed by atoms with E-state index in [-0.39, 0.29) is 5.91 Å². The van der Waals surface area contributed by atoms with Crippen LogP contribution in [-0.4, -0.2) is 26.0 Å². The van der Waals surface area contributed by atoms with Crippen molar-refractivity contribution in [2.24, 2.45) is 0 Å². The van der Waals surface area contributed by atoms with Crippen molar-refractivity contribution in [3.05, 3.63) is 52.2 Å². The lowest BCUT2D eigenvalue weighted by atomic mass is 10.2. The summed E-state index contributed by atoms with van der Waals surface area (Å²) in [6.07, 6.45) is 2.92. The topological polar surface area (TPSA) is 76.7 Å². The van der Waals surface area contributed by atoms with E-state index < -0.39 is 5.91 Å². The highest BCUT2D eigenvalue weighted by atomic mass is 32.1. The van der Waals surface area contributed by atoms with Gasteiger partial charge in [0.2, 0.25) is 0 Å². The molecule has 0 aliphatic heterocycles. The minimum atomic E-state index is -0.440. The van der Waals surface area contributed by atoms with Crippen LogP contribution in [0.3, 0.4) is 0 Å². The molecule has 0 unspecified atom stereocenters. The first-order chi connectivity index (χ1) is 11.1. The van der Waals surface area contributed by atoms with E-state index in [9.17, 15) is 9.59 Å². The highest BCUT2D eigenvalue weighted by Crippen LogP contribution is 2.27. The molecule has 0 radical (unpaired) electrons. The summed E-state index contributed by atoms with van der Waals surface area (Å²) in [6.45, 7) is 0. The van der Waals surface area contributed by atoms with E-state index in [0.29, 0.717) is 16.4 Å². The Hall–Kier alpha value is -2.80. The first-order valence-corrected chi connectivity index (χ1v) is 7.56. The first kappa shape index (κ1) is 16.6. The number of benzene rings is 1. The number of carbonyl (C=O) groups is 2. The molecular weight excluding hydrogens is 316 g/mol. The van der Waals surface area contributed by atoms with Gasteiger partial charge in [-0.25, -0.2) is 0 Å². The monoisotopic (exact) mass is 332 g/mol. The van der Waals surface area contributed by atoms with Gasteiger partial charge in [0.15, 0.2) is 11.5 Å². The van der Waals surface area contributed by atoms with Crippen LogP contribution in [0.2, 0.25) is 0 Å². The van der Waals surface area contributed by atoms with Gasteiger partial charge in [0.1, 0.15) is 0 Å². The lowest BCUT2D eigenvalue weighted by molar-refractivity contribution is -0.117. The third-order valence-corrected chi connectivity index (χ3v) is 3.75. The molecule has 0 bridgehead atoms. The van der Waals surface area contributed by atoms with E-state index in [1.165, 1.54) is 24.5 Å². The van der Waals surface area contributed by atoms with Crippen LogP contribution in [-0.2, 0) is 4.79 Å². The van der Waals surface area contributed by atoms with Crippen molar-refractivity contribution < 1.29 is 19.1 Å². The van der Waals surface area contributed by atoms with Crippen molar-refractivity contribution in [2.75, 3.05) is 14.2 Å². The van der Waals surface area contributed by atoms with Crippen molar-refractivity contribution >= 4 is 29.2 Å². The molecular formula is C16H16N2O4S. The molecule has 2 aromatic rings. The highest BCUT2D eigenvalue weighted by molar-refractivity contribution is 7.12. The number of hydrogen-bond acceptors (Lipinski definition) is 5. The van der Waals surface area contributed by atoms with Gasteiger partial charge in [-0.1, -0.05) is 12.1 Å². The third-order valence-electron chi connectivity index (χ3n) is 2.88. The molecule has 0 spiro atoms. The zero-order valence-corrected chi connectivity index (χ0v) is 13.5. The summed E-state index contributed by atoms with van der Waals surface area (Å²) >= 11 is 1.29. The molecule has 1 aromatic carbocycles. The predicted molar refractivity (Wildman–Crippen MR) is 88.5 cm³/mol. The molecule has 6 nitrogen and oxygen atoms in total. The fraction of sp³-hybridized carbons (Fsp3) is 0.125. The third kappa shape index (κ3) is 4.58. The van der Waals surface area contributed by atoms with E-state index in [1.54, 1.807) is 48.9 Å². The minimum Gasteiger partial charge on any atom is -0.493 e. The van der Waals surface area contributed by atoms with Crippen LogP contribution >= 0.6 is 11.3 Å². The molecule has 0 saturated heterocycles. The van der Waals surface area contributed by atoms with Crippen molar-refractivity contribution in [2.45, 2.75) is 0 Å². The summed E-state index contributed by atoms with van der Waals surface area (Å²) in [6, 6.07) is 8.71. The SMILES string of the molecule is COc1ccc(/C=C/C(=O)NNC(=O)c2cccs2)cc1OC. The van der Waals surface area contributed by atoms with Gasteiger partial charge < -0.3 is 9.47 Å². The molecule has 0 aliphatic rings. The number of amides is 2. The Morgan fingerprint density at radius 2 is 1.87 bits per heavy atom. The second-order valence-electron chi connectivity index (χ2n) is 4.37. The fourth-order valence-electron chi connectivity index (χ4n) is 1.76. The minimum absolute atomic E-state index is 0.354. The van der Waals surface area contributed by atoms with Crippen molar-refractivity contribution in [3.63, 3.8) is 0 Å². The van der Waals surface area contributed by atoms with Gasteiger partial charge in [-0.15, -0.1) is 11.3 Å². The normalized spacial score (nSPS) is 10.3. The van der Waals surface area contributed by atoms with Crippen LogP contribution in [0.25, 0.3) is 6.08 Å². The Morgan fingerprint density at radius 3 is 2.52 bits per heavy atom. The number of methoxy groups -OCH3 is 2. The van der Waals surface area contributed by atoms with E-state index in [2.05, 4.69) is 10.9 Å². The maximum absolute atomic E-state index is 11.7. The molecule has 2 rings (SSSR count). The van der Waals surface area contributed by atoms with Gasteiger partial charge in [-0.3, -0.25) is 20.4 Å². The number of hydrazine groups is 1. The average Bonchev–Trinajstić information content (AvgIpc) is 3.12. The summed E-state index contributed by atoms with van der Waals surface area (Å²) in [7, 11) is 3.09. The Kier molecular flexibility index (Phi) is 5.76. The molecule has 0 atom stereocenters. The average molecular weight is 332 g/mol. The summed E-state index contributed by atoms with van der Waals surface area (Å²) in [4.78, 5) is 23.9. The van der Waals surface area contributed by atoms with Crippen LogP contribution in [0, 0.1) is 0 Å². The van der Waals surface area contributed by atoms with Gasteiger partial charge in [0, 0.05) is 6.08 Å². The zero-order chi connectivity index (χ0) is 16.7. The molecule has 120 valence electrons. The van der Waals surface area contributed by atoms with E-state index in [0.717, 1.165) is 5.56 Å². The maximum Gasteiger partial charge on any atom is 0.279 e. The molecule has 1 heterocycles. The van der Waals surface area contributed by atoms with E-state index in [4.69, 9.17) is 9.47 Å². The Labute approximate surface area is 137 Å². The first-order valence-electron chi connectivity index (χ1n) is 6.68. The molecule has 23 heavy (non-hydrogen) atoms. The Bertz CT molecular complexity index is 711. The van der Waals surface area contributed by atoms with Gasteiger partial charge in [-0.2, -0.15) is 0 Å². The largest absolute Gasteiger partial charge is 0.493 e. The van der Waals surface area contributed by atoms with Gasteiger partial charge in [-0.05, 0) is 35.2 Å². The van der Waals surface area contributed by atoms with Crippen LogP contribution in [0.1, 0.15) is 15.2 Å². The summed E-state index contributed by atoms with van der Waals surface area (Å²) in [5, 5.41) is 1.79.